The van der Waals surface area contributed by atoms with E-state index in [2.05, 4.69) is 5.32 Å². The summed E-state index contributed by atoms with van der Waals surface area (Å²) >= 11 is 0.509. The highest BCUT2D eigenvalue weighted by atomic mass is 32.2. The van der Waals surface area contributed by atoms with Gasteiger partial charge in [0, 0.05) is 6.54 Å². The molecule has 1 heterocycles. The quantitative estimate of drug-likeness (QED) is 0.660. The summed E-state index contributed by atoms with van der Waals surface area (Å²) in [6.45, 7) is 0.330. The second-order valence-electron chi connectivity index (χ2n) is 3.41. The minimum Gasteiger partial charge on any atom is -0.464 e. The van der Waals surface area contributed by atoms with Crippen LogP contribution in [0.3, 0.4) is 0 Å². The summed E-state index contributed by atoms with van der Waals surface area (Å²) < 4.78 is 29.1. The second-order valence-corrected chi connectivity index (χ2v) is 4.39. The SMILES string of the molecule is OCC(O)CNCc1ccc(CSC(F)F)o1. The largest absolute Gasteiger partial charge is 0.464 e. The van der Waals surface area contributed by atoms with Crippen LogP contribution in [-0.2, 0) is 12.3 Å². The van der Waals surface area contributed by atoms with E-state index in [9.17, 15) is 8.78 Å². The first-order valence-corrected chi connectivity index (χ1v) is 6.13. The van der Waals surface area contributed by atoms with Crippen LogP contribution >= 0.6 is 11.8 Å². The molecular weight excluding hydrogens is 252 g/mol. The molecule has 1 aromatic rings. The number of rotatable bonds is 8. The van der Waals surface area contributed by atoms with Gasteiger partial charge in [0.25, 0.3) is 5.76 Å². The van der Waals surface area contributed by atoms with Gasteiger partial charge < -0.3 is 19.9 Å². The number of aliphatic hydroxyl groups excluding tert-OH is 2. The fraction of sp³-hybridized carbons (Fsp3) is 0.600. The van der Waals surface area contributed by atoms with E-state index in [1.54, 1.807) is 12.1 Å². The van der Waals surface area contributed by atoms with Crippen molar-refractivity contribution in [2.45, 2.75) is 24.2 Å². The number of thioether (sulfide) groups is 1. The maximum Gasteiger partial charge on any atom is 0.284 e. The Morgan fingerprint density at radius 1 is 1.35 bits per heavy atom. The number of hydrogen-bond donors (Lipinski definition) is 3. The van der Waals surface area contributed by atoms with Crippen LogP contribution in [0.5, 0.6) is 0 Å². The molecule has 0 spiro atoms. The van der Waals surface area contributed by atoms with E-state index in [1.165, 1.54) is 0 Å². The summed E-state index contributed by atoms with van der Waals surface area (Å²) in [6, 6.07) is 3.34. The Labute approximate surface area is 102 Å². The van der Waals surface area contributed by atoms with Crippen LogP contribution in [0.15, 0.2) is 16.5 Å². The van der Waals surface area contributed by atoms with E-state index in [-0.39, 0.29) is 18.9 Å². The van der Waals surface area contributed by atoms with E-state index in [0.29, 0.717) is 29.8 Å². The zero-order valence-electron chi connectivity index (χ0n) is 9.10. The molecule has 0 saturated carbocycles. The van der Waals surface area contributed by atoms with Crippen LogP contribution in [-0.4, -0.2) is 35.2 Å². The van der Waals surface area contributed by atoms with Crippen molar-refractivity contribution >= 4 is 11.8 Å². The van der Waals surface area contributed by atoms with Crippen LogP contribution < -0.4 is 5.32 Å². The summed E-state index contributed by atoms with van der Waals surface area (Å²) in [7, 11) is 0. The van der Waals surface area contributed by atoms with Crippen molar-refractivity contribution in [2.75, 3.05) is 13.2 Å². The number of halogens is 2. The molecule has 1 atom stereocenters. The predicted molar refractivity (Wildman–Crippen MR) is 60.8 cm³/mol. The molecule has 0 bridgehead atoms. The predicted octanol–water partition coefficient (Wildman–Crippen LogP) is 1.18. The van der Waals surface area contributed by atoms with Gasteiger partial charge in [-0.1, -0.05) is 11.8 Å². The van der Waals surface area contributed by atoms with Gasteiger partial charge in [0.15, 0.2) is 0 Å². The fourth-order valence-electron chi connectivity index (χ4n) is 1.17. The maximum absolute atomic E-state index is 11.9. The number of alkyl halides is 2. The van der Waals surface area contributed by atoms with Crippen molar-refractivity contribution in [2.24, 2.45) is 0 Å². The van der Waals surface area contributed by atoms with Gasteiger partial charge in [-0.15, -0.1) is 0 Å². The molecule has 1 aromatic heterocycles. The zero-order chi connectivity index (χ0) is 12.7. The molecule has 3 N–H and O–H groups in total. The molecule has 0 aromatic carbocycles. The first kappa shape index (κ1) is 14.4. The second kappa shape index (κ2) is 7.65. The lowest BCUT2D eigenvalue weighted by molar-refractivity contribution is 0.0938. The van der Waals surface area contributed by atoms with Gasteiger partial charge in [0.1, 0.15) is 11.5 Å². The van der Waals surface area contributed by atoms with Crippen molar-refractivity contribution in [3.05, 3.63) is 23.7 Å². The maximum atomic E-state index is 11.9. The van der Waals surface area contributed by atoms with Crippen LogP contribution in [0.1, 0.15) is 11.5 Å². The molecule has 0 saturated heterocycles. The Hall–Kier alpha value is -0.630. The van der Waals surface area contributed by atoms with Crippen molar-refractivity contribution in [1.82, 2.24) is 5.32 Å². The molecule has 1 unspecified atom stereocenters. The van der Waals surface area contributed by atoms with E-state index in [0.717, 1.165) is 0 Å². The molecule has 0 aliphatic heterocycles. The molecule has 0 aliphatic rings. The van der Waals surface area contributed by atoms with Gasteiger partial charge in [0.2, 0.25) is 0 Å². The van der Waals surface area contributed by atoms with Gasteiger partial charge in [-0.2, -0.15) is 8.78 Å². The Bertz CT molecular complexity index is 322. The van der Waals surface area contributed by atoms with Gasteiger partial charge in [-0.25, -0.2) is 0 Å². The minimum atomic E-state index is -2.40. The molecular formula is C10H15F2NO3S. The molecule has 0 amide bonds. The molecule has 4 nitrogen and oxygen atoms in total. The van der Waals surface area contributed by atoms with Crippen molar-refractivity contribution in [3.8, 4) is 0 Å². The molecule has 0 fully saturated rings. The Kier molecular flexibility index (Phi) is 6.49. The van der Waals surface area contributed by atoms with Crippen molar-refractivity contribution in [3.63, 3.8) is 0 Å². The smallest absolute Gasteiger partial charge is 0.284 e. The van der Waals surface area contributed by atoms with E-state index in [4.69, 9.17) is 14.6 Å². The Balaban J connectivity index is 2.25. The van der Waals surface area contributed by atoms with Crippen LogP contribution in [0.2, 0.25) is 0 Å². The van der Waals surface area contributed by atoms with Crippen LogP contribution in [0.25, 0.3) is 0 Å². The summed E-state index contributed by atoms with van der Waals surface area (Å²) in [5.74, 6) is -1.16. The molecule has 0 radical (unpaired) electrons. The first-order valence-electron chi connectivity index (χ1n) is 5.08. The lowest BCUT2D eigenvalue weighted by Crippen LogP contribution is -2.28. The minimum absolute atomic E-state index is 0.136. The lowest BCUT2D eigenvalue weighted by Gasteiger charge is -2.07. The van der Waals surface area contributed by atoms with E-state index < -0.39 is 11.9 Å². The summed E-state index contributed by atoms with van der Waals surface area (Å²) in [4.78, 5) is 0. The highest BCUT2D eigenvalue weighted by Crippen LogP contribution is 2.21. The molecule has 1 rings (SSSR count). The Morgan fingerprint density at radius 3 is 2.71 bits per heavy atom. The standard InChI is InChI=1S/C10H15F2NO3S/c11-10(12)17-6-9-2-1-8(16-9)4-13-3-7(15)5-14/h1-2,7,10,13-15H,3-6H2. The van der Waals surface area contributed by atoms with E-state index in [1.807, 2.05) is 0 Å². The molecule has 98 valence electrons. The third-order valence-corrected chi connectivity index (χ3v) is 2.66. The summed E-state index contributed by atoms with van der Waals surface area (Å²) in [6.07, 6.45) is -0.807. The zero-order valence-corrected chi connectivity index (χ0v) is 9.92. The monoisotopic (exact) mass is 267 g/mol. The van der Waals surface area contributed by atoms with Gasteiger partial charge >= 0.3 is 0 Å². The molecule has 0 aliphatic carbocycles. The number of furan rings is 1. The summed E-state index contributed by atoms with van der Waals surface area (Å²) in [5.41, 5.74) is 0. The average molecular weight is 267 g/mol. The van der Waals surface area contributed by atoms with Crippen molar-refractivity contribution in [1.29, 1.82) is 0 Å². The topological polar surface area (TPSA) is 65.6 Å². The Morgan fingerprint density at radius 2 is 2.06 bits per heavy atom. The van der Waals surface area contributed by atoms with Crippen LogP contribution in [0.4, 0.5) is 8.78 Å². The fourth-order valence-corrected chi connectivity index (χ4v) is 1.61. The summed E-state index contributed by atoms with van der Waals surface area (Å²) in [5, 5.41) is 20.5. The number of aliphatic hydroxyl groups is 2. The lowest BCUT2D eigenvalue weighted by atomic mass is 10.3. The normalized spacial score (nSPS) is 13.2. The molecule has 7 heteroatoms. The third kappa shape index (κ3) is 6.02. The average Bonchev–Trinajstić information content (AvgIpc) is 2.74. The number of nitrogens with one attached hydrogen (secondary N) is 1. The first-order chi connectivity index (χ1) is 8.11. The van der Waals surface area contributed by atoms with Gasteiger partial charge in [-0.3, -0.25) is 0 Å². The van der Waals surface area contributed by atoms with Crippen molar-refractivity contribution < 1.29 is 23.4 Å². The highest BCUT2D eigenvalue weighted by molar-refractivity contribution is 7.98. The van der Waals surface area contributed by atoms with Crippen LogP contribution in [0, 0.1) is 0 Å². The number of hydrogen-bond acceptors (Lipinski definition) is 5. The third-order valence-electron chi connectivity index (χ3n) is 1.96. The van der Waals surface area contributed by atoms with Gasteiger partial charge in [-0.05, 0) is 12.1 Å². The van der Waals surface area contributed by atoms with Gasteiger partial charge in [0.05, 0.1) is 25.0 Å². The molecule has 17 heavy (non-hydrogen) atoms. The highest BCUT2D eigenvalue weighted by Gasteiger charge is 2.07. The van der Waals surface area contributed by atoms with E-state index >= 15 is 0 Å².